The Labute approximate surface area is 121 Å². The summed E-state index contributed by atoms with van der Waals surface area (Å²) >= 11 is 0. The van der Waals surface area contributed by atoms with Gasteiger partial charge in [0.2, 0.25) is 0 Å². The number of hydrogen-bond donors (Lipinski definition) is 0. The molecule has 0 radical (unpaired) electrons. The van der Waals surface area contributed by atoms with Crippen LogP contribution in [0, 0.1) is 23.7 Å². The van der Waals surface area contributed by atoms with Gasteiger partial charge in [0.25, 0.3) is 0 Å². The maximum Gasteiger partial charge on any atom is 0.104 e. The molecule has 0 bridgehead atoms. The van der Waals surface area contributed by atoms with Gasteiger partial charge in [-0.15, -0.1) is 0 Å². The fraction of sp³-hybridized carbons (Fsp3) is 0.333. The molecule has 0 spiro atoms. The third kappa shape index (κ3) is 1.57. The zero-order valence-electron chi connectivity index (χ0n) is 12.4. The Morgan fingerprint density at radius 1 is 0.700 bits per heavy atom. The molecule has 3 aliphatic carbocycles. The molecule has 0 N–H and O–H groups in total. The van der Waals surface area contributed by atoms with Crippen LogP contribution in [0.25, 0.3) is 10.8 Å². The summed E-state index contributed by atoms with van der Waals surface area (Å²) in [6.07, 6.45) is 11.2. The number of nitrogens with zero attached hydrogens (tertiary/aromatic N) is 2. The normalized spacial score (nSPS) is 26.0. The Kier molecular flexibility index (Phi) is 2.47. The largest absolute Gasteiger partial charge is 0.779 e. The van der Waals surface area contributed by atoms with Crippen molar-refractivity contribution in [1.29, 1.82) is 0 Å². The Bertz CT molecular complexity index is 595. The first-order valence-electron chi connectivity index (χ1n) is 6.92. The van der Waals surface area contributed by atoms with Crippen molar-refractivity contribution in [1.82, 2.24) is 0 Å². The van der Waals surface area contributed by atoms with Crippen molar-refractivity contribution in [3.05, 3.63) is 70.3 Å². The molecular formula is C18H18N2. The number of fused-ring (bicyclic) bond motifs is 2. The minimum Gasteiger partial charge on any atom is -0.779 e. The van der Waals surface area contributed by atoms with E-state index in [1.54, 1.807) is 12.8 Å². The second-order valence-electron chi connectivity index (χ2n) is 6.71. The molecule has 100 valence electrons. The highest BCUT2D eigenvalue weighted by atomic mass is 14.5. The maximum absolute atomic E-state index is 9.84. The molecule has 0 aromatic carbocycles. The van der Waals surface area contributed by atoms with E-state index in [-0.39, 0.29) is 22.3 Å². The summed E-state index contributed by atoms with van der Waals surface area (Å²) in [6.45, 7) is 8.65. The molecule has 20 heavy (non-hydrogen) atoms. The van der Waals surface area contributed by atoms with E-state index in [4.69, 9.17) is 0 Å². The average molecular weight is 262 g/mol. The number of allylic oxidation sites excluding steroid dienone is 8. The minimum atomic E-state index is -0.238. The molecule has 2 nitrogen and oxygen atoms in total. The van der Waals surface area contributed by atoms with Gasteiger partial charge in [-0.2, -0.15) is 0 Å². The highest BCUT2D eigenvalue weighted by molar-refractivity contribution is 6.10. The molecule has 0 atom stereocenters. The fourth-order valence-corrected chi connectivity index (χ4v) is 3.48. The van der Waals surface area contributed by atoms with Crippen LogP contribution in [0.15, 0.2) is 46.6 Å². The Balaban J connectivity index is 2.28. The SMILES string of the molecule is CC1(C)C2=C[CH+]C(=[N-])C=C2C(C)(C)C2=CC(=[N-])[CH+]C=C21. The van der Waals surface area contributed by atoms with Gasteiger partial charge in [-0.05, 0) is 39.1 Å². The van der Waals surface area contributed by atoms with Crippen LogP contribution in [0.5, 0.6) is 0 Å². The van der Waals surface area contributed by atoms with Gasteiger partial charge in [-0.1, -0.05) is 0 Å². The molecule has 1 fully saturated rings. The smallest absolute Gasteiger partial charge is 0.104 e. The first-order chi connectivity index (χ1) is 9.24. The second kappa shape index (κ2) is 3.78. The lowest BCUT2D eigenvalue weighted by molar-refractivity contribution is 0.423. The van der Waals surface area contributed by atoms with Crippen LogP contribution in [-0.4, -0.2) is 11.4 Å². The van der Waals surface area contributed by atoms with Gasteiger partial charge >= 0.3 is 0 Å². The predicted molar refractivity (Wildman–Crippen MR) is 85.2 cm³/mol. The summed E-state index contributed by atoms with van der Waals surface area (Å²) in [7, 11) is 0. The molecule has 0 heterocycles. The average Bonchev–Trinajstić information content (AvgIpc) is 2.36. The van der Waals surface area contributed by atoms with E-state index in [1.165, 1.54) is 11.1 Å². The van der Waals surface area contributed by atoms with Crippen molar-refractivity contribution in [2.45, 2.75) is 27.7 Å². The first kappa shape index (κ1) is 13.0. The van der Waals surface area contributed by atoms with E-state index in [0.717, 1.165) is 11.1 Å². The second-order valence-corrected chi connectivity index (χ2v) is 6.71. The third-order valence-corrected chi connectivity index (χ3v) is 4.70. The Hall–Kier alpha value is -1.96. The Morgan fingerprint density at radius 2 is 1.05 bits per heavy atom. The van der Waals surface area contributed by atoms with E-state index in [0.29, 0.717) is 0 Å². The van der Waals surface area contributed by atoms with Crippen LogP contribution in [-0.2, 0) is 0 Å². The summed E-state index contributed by atoms with van der Waals surface area (Å²) in [5.74, 6) is 0. The highest BCUT2D eigenvalue weighted by Gasteiger charge is 2.55. The summed E-state index contributed by atoms with van der Waals surface area (Å²) in [5, 5.41) is 19.7. The Morgan fingerprint density at radius 3 is 1.45 bits per heavy atom. The topological polar surface area (TPSA) is 44.6 Å². The molecule has 0 aromatic heterocycles. The lowest BCUT2D eigenvalue weighted by Gasteiger charge is -2.42. The van der Waals surface area contributed by atoms with Gasteiger partial charge in [0.15, 0.2) is 0 Å². The molecule has 1 saturated carbocycles. The summed E-state index contributed by atoms with van der Waals surface area (Å²) in [4.78, 5) is 0. The van der Waals surface area contributed by atoms with Crippen molar-refractivity contribution in [2.75, 3.05) is 0 Å². The van der Waals surface area contributed by atoms with Gasteiger partial charge < -0.3 is 10.8 Å². The molecule has 0 saturated heterocycles. The monoisotopic (exact) mass is 262 g/mol. The van der Waals surface area contributed by atoms with Crippen molar-refractivity contribution in [3.63, 3.8) is 0 Å². The minimum absolute atomic E-state index is 0.137. The van der Waals surface area contributed by atoms with Crippen molar-refractivity contribution < 1.29 is 0 Å². The van der Waals surface area contributed by atoms with E-state index in [2.05, 4.69) is 27.7 Å². The van der Waals surface area contributed by atoms with Gasteiger partial charge in [0, 0.05) is 25.0 Å². The quantitative estimate of drug-likeness (QED) is 0.587. The van der Waals surface area contributed by atoms with Gasteiger partial charge in [0.1, 0.15) is 5.41 Å². The van der Waals surface area contributed by atoms with Crippen molar-refractivity contribution in [3.8, 4) is 0 Å². The molecule has 2 heteroatoms. The van der Waals surface area contributed by atoms with Crippen LogP contribution in [0.3, 0.4) is 0 Å². The summed E-state index contributed by atoms with van der Waals surface area (Å²) in [6, 6.07) is 0. The first-order valence-corrected chi connectivity index (χ1v) is 6.92. The molecular weight excluding hydrogens is 244 g/mol. The van der Waals surface area contributed by atoms with Crippen LogP contribution in [0.1, 0.15) is 27.7 Å². The van der Waals surface area contributed by atoms with E-state index in [9.17, 15) is 10.8 Å². The predicted octanol–water partition coefficient (Wildman–Crippen LogP) is 4.21. The van der Waals surface area contributed by atoms with Crippen LogP contribution in [0.4, 0.5) is 0 Å². The lowest BCUT2D eigenvalue weighted by atomic mass is 9.53. The summed E-state index contributed by atoms with van der Waals surface area (Å²) < 4.78 is 0. The number of hydrogen-bond acceptors (Lipinski definition) is 0. The molecule has 0 aromatic rings. The fourth-order valence-electron chi connectivity index (χ4n) is 3.48. The third-order valence-electron chi connectivity index (χ3n) is 4.70. The van der Waals surface area contributed by atoms with Crippen molar-refractivity contribution in [2.24, 2.45) is 10.8 Å². The maximum atomic E-state index is 9.84. The van der Waals surface area contributed by atoms with E-state index >= 15 is 0 Å². The molecule has 0 unspecified atom stereocenters. The molecule has 0 amide bonds. The highest BCUT2D eigenvalue weighted by Crippen LogP contribution is 2.59. The van der Waals surface area contributed by atoms with Gasteiger partial charge in [-0.25, -0.2) is 0 Å². The molecule has 3 rings (SSSR count). The standard InChI is InChI=1S/C18H18N2/c1-17(2)13-7-5-11(19)9-15(13)18(3,4)16-10-12(20)6-8-14(16)17/h5-10H,1-4H3. The summed E-state index contributed by atoms with van der Waals surface area (Å²) in [5.41, 5.74) is 4.92. The van der Waals surface area contributed by atoms with Gasteiger partial charge in [-0.3, -0.25) is 0 Å². The van der Waals surface area contributed by atoms with Gasteiger partial charge in [0.05, 0.1) is 39.9 Å². The number of rotatable bonds is 0. The lowest BCUT2D eigenvalue weighted by Crippen LogP contribution is -2.39. The van der Waals surface area contributed by atoms with Crippen LogP contribution >= 0.6 is 0 Å². The van der Waals surface area contributed by atoms with Crippen LogP contribution < -0.4 is 0 Å². The molecule has 3 aliphatic rings. The van der Waals surface area contributed by atoms with E-state index in [1.807, 2.05) is 24.3 Å². The molecule has 0 aliphatic heterocycles. The van der Waals surface area contributed by atoms with E-state index < -0.39 is 0 Å². The zero-order valence-corrected chi connectivity index (χ0v) is 12.4. The van der Waals surface area contributed by atoms with Crippen molar-refractivity contribution >= 4 is 11.4 Å². The zero-order chi connectivity index (χ0) is 14.7. The van der Waals surface area contributed by atoms with Crippen LogP contribution in [0.2, 0.25) is 0 Å².